The standard InChI is InChI=1S/C18H26N6OP.6FH2O3P/c25-18-10-7-15-23(18)26(21-11-3-4-12-21,22-13-5-6-14-22)24-17-9-2-1-8-16(17)19-20-24;6*1-5(2,3)4/h1-2,8-9H,3-7,10-15H2;6*(H2,2,3,4)/q+1;;;;;;. The fourth-order valence-electron chi connectivity index (χ4n) is 4.74. The Balaban J connectivity index is 0. The van der Waals surface area contributed by atoms with Crippen molar-refractivity contribution in [3.8, 4) is 0 Å². The van der Waals surface area contributed by atoms with Gasteiger partial charge in [-0.3, -0.25) is 63.5 Å². The van der Waals surface area contributed by atoms with Crippen molar-refractivity contribution in [3.05, 3.63) is 24.3 Å². The van der Waals surface area contributed by atoms with Crippen molar-refractivity contribution < 1.29 is 116 Å². The van der Waals surface area contributed by atoms with Crippen LogP contribution in [-0.2, 0) is 32.2 Å². The predicted molar refractivity (Wildman–Crippen MR) is 181 cm³/mol. The van der Waals surface area contributed by atoms with E-state index in [-0.39, 0.29) is 5.91 Å². The van der Waals surface area contributed by atoms with Crippen LogP contribution < -0.4 is 0 Å². The zero-order valence-corrected chi connectivity index (χ0v) is 34.2. The fraction of sp³-hybridized carbons (Fsp3) is 0.611. The molecule has 4 heterocycles. The molecule has 25 nitrogen and oxygen atoms in total. The second kappa shape index (κ2) is 24.2. The molecule has 0 radical (unpaired) electrons. The van der Waals surface area contributed by atoms with Crippen molar-refractivity contribution in [2.75, 3.05) is 32.7 Å². The number of amides is 1. The van der Waals surface area contributed by atoms with Crippen LogP contribution in [-0.4, -0.2) is 126 Å². The summed E-state index contributed by atoms with van der Waals surface area (Å²) in [6.07, 6.45) is 6.41. The highest BCUT2D eigenvalue weighted by atomic mass is 31.2. The number of hydrogen-bond donors (Lipinski definition) is 12. The lowest BCUT2D eigenvalue weighted by molar-refractivity contribution is -0.124. The van der Waals surface area contributed by atoms with Crippen molar-refractivity contribution in [2.45, 2.75) is 38.5 Å². The minimum absolute atomic E-state index is 0.289. The molecule has 0 spiro atoms. The van der Waals surface area contributed by atoms with E-state index < -0.39 is 55.3 Å². The zero-order valence-electron chi connectivity index (χ0n) is 27.9. The number of aromatic nitrogens is 3. The van der Waals surface area contributed by atoms with Crippen LogP contribution in [0.3, 0.4) is 0 Å². The molecule has 1 aromatic carbocycles. The van der Waals surface area contributed by atoms with E-state index in [1.165, 1.54) is 25.7 Å². The average molecular weight is 973 g/mol. The number of hydrogen-bond acceptors (Lipinski definition) is 11. The Labute approximate surface area is 312 Å². The van der Waals surface area contributed by atoms with E-state index in [2.05, 4.69) is 40.9 Å². The Hall–Kier alpha value is -1.08. The SMILES string of the molecule is O=C1CCCN1[P+](N1CCCC1)(N1CCCC1)n1nnc2ccccc21.O=P(O)(O)F.O=P(O)(O)F.O=P(O)(O)F.O=P(O)(O)F.O=P(O)(O)F.O=P(O)(O)F. The first-order valence-electron chi connectivity index (χ1n) is 14.3. The van der Waals surface area contributed by atoms with Gasteiger partial charge in [-0.2, -0.15) is 4.67 Å². The molecule has 2 aromatic rings. The van der Waals surface area contributed by atoms with Gasteiger partial charge in [0.15, 0.2) is 0 Å². The Morgan fingerprint density at radius 3 is 1.11 bits per heavy atom. The number of carbonyl (C=O) groups excluding carboxylic acids is 1. The summed E-state index contributed by atoms with van der Waals surface area (Å²) in [7, 11) is -33.1. The van der Waals surface area contributed by atoms with Gasteiger partial charge in [-0.05, 0) is 49.5 Å². The topological polar surface area (TPSA) is 403 Å². The van der Waals surface area contributed by atoms with Crippen molar-refractivity contribution in [3.63, 3.8) is 0 Å². The molecule has 0 atom stereocenters. The molecule has 5 rings (SSSR count). The van der Waals surface area contributed by atoms with Crippen LogP contribution in [0.15, 0.2) is 24.3 Å². The molecular formula is C18H38F6N6O19P7+. The summed E-state index contributed by atoms with van der Waals surface area (Å²) in [5.41, 5.74) is 1.97. The molecule has 1 amide bonds. The second-order valence-electron chi connectivity index (χ2n) is 10.3. The molecule has 3 saturated heterocycles. The van der Waals surface area contributed by atoms with Gasteiger partial charge in [-0.15, -0.1) is 39.6 Å². The van der Waals surface area contributed by atoms with Crippen LogP contribution in [0.25, 0.3) is 11.0 Å². The summed E-state index contributed by atoms with van der Waals surface area (Å²) in [4.78, 5) is 96.6. The fourth-order valence-corrected chi connectivity index (χ4v) is 9.44. The Morgan fingerprint density at radius 2 is 0.821 bits per heavy atom. The Kier molecular flexibility index (Phi) is 24.7. The minimum Gasteiger partial charge on any atom is -0.299 e. The van der Waals surface area contributed by atoms with E-state index in [9.17, 15) is 30.0 Å². The van der Waals surface area contributed by atoms with E-state index in [4.69, 9.17) is 86.1 Å². The van der Waals surface area contributed by atoms with E-state index in [1.54, 1.807) is 0 Å². The van der Waals surface area contributed by atoms with Crippen LogP contribution in [0.1, 0.15) is 38.5 Å². The number of halogens is 6. The monoisotopic (exact) mass is 973 g/mol. The minimum atomic E-state index is -5.14. The van der Waals surface area contributed by atoms with E-state index in [0.29, 0.717) is 6.42 Å². The molecular weight excluding hydrogens is 935 g/mol. The van der Waals surface area contributed by atoms with Crippen molar-refractivity contribution in [1.29, 1.82) is 0 Å². The lowest BCUT2D eigenvalue weighted by Gasteiger charge is -2.41. The first kappa shape index (κ1) is 57.0. The van der Waals surface area contributed by atoms with Gasteiger partial charge in [0.2, 0.25) is 0 Å². The summed E-state index contributed by atoms with van der Waals surface area (Å²) >= 11 is 0. The number of fused-ring (bicyclic) bond motifs is 1. The van der Waals surface area contributed by atoms with Crippen molar-refractivity contribution >= 4 is 72.2 Å². The van der Waals surface area contributed by atoms with Gasteiger partial charge >= 0.3 is 55.3 Å². The highest BCUT2D eigenvalue weighted by Crippen LogP contribution is 2.71. The molecule has 56 heavy (non-hydrogen) atoms. The van der Waals surface area contributed by atoms with Gasteiger partial charge in [0, 0.05) is 32.6 Å². The van der Waals surface area contributed by atoms with E-state index in [0.717, 1.165) is 50.2 Å². The molecule has 3 fully saturated rings. The van der Waals surface area contributed by atoms with Crippen molar-refractivity contribution in [1.82, 2.24) is 28.8 Å². The number of para-hydroxylation sites is 1. The molecule has 0 unspecified atom stereocenters. The third kappa shape index (κ3) is 31.9. The average Bonchev–Trinajstić information content (AvgIpc) is 3.74. The Morgan fingerprint density at radius 1 is 0.518 bits per heavy atom. The maximum atomic E-state index is 13.0. The van der Waals surface area contributed by atoms with Gasteiger partial charge in [0.1, 0.15) is 11.0 Å². The largest absolute Gasteiger partial charge is 0.507 e. The maximum absolute atomic E-state index is 13.0. The summed E-state index contributed by atoms with van der Waals surface area (Å²) < 4.78 is 124. The molecule has 330 valence electrons. The molecule has 3 aliphatic rings. The lowest BCUT2D eigenvalue weighted by Crippen LogP contribution is -2.47. The molecule has 38 heteroatoms. The number of carbonyl (C=O) groups is 1. The van der Waals surface area contributed by atoms with Gasteiger partial charge in [0.25, 0.3) is 5.91 Å². The molecule has 0 bridgehead atoms. The summed E-state index contributed by atoms with van der Waals surface area (Å²) in [5.74, 6) is 0.289. The van der Waals surface area contributed by atoms with E-state index in [1.807, 2.05) is 12.1 Å². The first-order valence-corrected chi connectivity index (χ1v) is 25.0. The third-order valence-electron chi connectivity index (χ3n) is 5.88. The number of rotatable bonds is 4. The quantitative estimate of drug-likeness (QED) is 0.155. The second-order valence-corrected chi connectivity index (χ2v) is 19.0. The van der Waals surface area contributed by atoms with Crippen LogP contribution in [0.4, 0.5) is 25.2 Å². The summed E-state index contributed by atoms with van der Waals surface area (Å²) in [6, 6.07) is 8.19. The summed E-state index contributed by atoms with van der Waals surface area (Å²) in [6.45, 7) is 5.02. The molecule has 1 aromatic heterocycles. The number of nitrogens with zero attached hydrogens (tertiary/aromatic N) is 6. The Bertz CT molecular complexity index is 1570. The highest BCUT2D eigenvalue weighted by molar-refractivity contribution is 7.68. The van der Waals surface area contributed by atoms with Gasteiger partial charge in [-0.25, -0.2) is 27.4 Å². The number of benzene rings is 1. The molecule has 0 aliphatic carbocycles. The molecule has 0 saturated carbocycles. The zero-order chi connectivity index (χ0) is 44.6. The van der Waals surface area contributed by atoms with Crippen LogP contribution >= 0.6 is 55.3 Å². The third-order valence-corrected chi connectivity index (χ3v) is 10.1. The maximum Gasteiger partial charge on any atom is 0.507 e. The smallest absolute Gasteiger partial charge is 0.299 e. The van der Waals surface area contributed by atoms with Crippen LogP contribution in [0.5, 0.6) is 0 Å². The first-order chi connectivity index (χ1) is 24.8. The van der Waals surface area contributed by atoms with Gasteiger partial charge < -0.3 is 0 Å². The lowest BCUT2D eigenvalue weighted by atomic mass is 10.3. The van der Waals surface area contributed by atoms with Crippen molar-refractivity contribution in [2.24, 2.45) is 0 Å². The van der Waals surface area contributed by atoms with Gasteiger partial charge in [0.05, 0.1) is 6.54 Å². The normalized spacial score (nSPS) is 17.0. The van der Waals surface area contributed by atoms with Crippen LogP contribution in [0, 0.1) is 0 Å². The molecule has 12 N–H and O–H groups in total. The van der Waals surface area contributed by atoms with Gasteiger partial charge in [-0.1, -0.05) is 16.6 Å². The molecule has 3 aliphatic heterocycles. The van der Waals surface area contributed by atoms with Crippen LogP contribution in [0.2, 0.25) is 0 Å². The summed E-state index contributed by atoms with van der Waals surface area (Å²) in [5, 5.41) is 9.15. The predicted octanol–water partition coefficient (Wildman–Crippen LogP) is 3.06. The van der Waals surface area contributed by atoms with E-state index >= 15 is 0 Å². The highest BCUT2D eigenvalue weighted by Gasteiger charge is 2.64.